The van der Waals surface area contributed by atoms with E-state index in [4.69, 9.17) is 9.47 Å². The van der Waals surface area contributed by atoms with Crippen molar-refractivity contribution < 1.29 is 9.47 Å². The molecule has 4 nitrogen and oxygen atoms in total. The summed E-state index contributed by atoms with van der Waals surface area (Å²) in [5, 5.41) is 0. The van der Waals surface area contributed by atoms with Gasteiger partial charge in [-0.05, 0) is 37.8 Å². The van der Waals surface area contributed by atoms with Gasteiger partial charge in [-0.1, -0.05) is 179 Å². The van der Waals surface area contributed by atoms with Crippen molar-refractivity contribution >= 4 is 0 Å². The van der Waals surface area contributed by atoms with Crippen molar-refractivity contribution in [3.05, 3.63) is 80.1 Å². The molecule has 0 unspecified atom stereocenters. The number of ether oxygens (including phenoxy) is 2. The van der Waals surface area contributed by atoms with Crippen molar-refractivity contribution in [1.29, 1.82) is 0 Å². The van der Waals surface area contributed by atoms with Crippen LogP contribution in [-0.4, -0.2) is 14.2 Å². The van der Waals surface area contributed by atoms with Crippen LogP contribution in [-0.2, 0) is 12.8 Å². The normalized spacial score (nSPS) is 10.7. The fourth-order valence-corrected chi connectivity index (χ4v) is 5.92. The molecule has 0 aliphatic carbocycles. The molecule has 0 atom stereocenters. The molecule has 0 aliphatic heterocycles. The highest BCUT2D eigenvalue weighted by Gasteiger charge is 2.04. The van der Waals surface area contributed by atoms with E-state index in [1.807, 2.05) is 36.4 Å². The molecule has 4 heteroatoms. The molecule has 0 aliphatic rings. The summed E-state index contributed by atoms with van der Waals surface area (Å²) >= 11 is 0. The van der Waals surface area contributed by atoms with E-state index in [0.717, 1.165) is 36.8 Å². The molecule has 2 rings (SSSR count). The maximum atomic E-state index is 12.2. The highest BCUT2D eigenvalue weighted by atomic mass is 16.5. The average Bonchev–Trinajstić information content (AvgIpc) is 3.36. The van der Waals surface area contributed by atoms with Crippen LogP contribution in [0.2, 0.25) is 0 Å². The quantitative estimate of drug-likeness (QED) is 0.0964. The van der Waals surface area contributed by atoms with Gasteiger partial charge in [0.15, 0.2) is 11.5 Å². The Kier molecular flexibility index (Phi) is 26.8. The zero-order valence-electron chi connectivity index (χ0n) is 30.2. The first-order valence-corrected chi connectivity index (χ1v) is 18.9. The van der Waals surface area contributed by atoms with Crippen molar-refractivity contribution in [2.45, 2.75) is 168 Å². The van der Waals surface area contributed by atoms with Gasteiger partial charge in [0.05, 0.1) is 14.2 Å². The van der Waals surface area contributed by atoms with Crippen molar-refractivity contribution in [3.63, 3.8) is 0 Å². The Morgan fingerprint density at radius 1 is 0.391 bits per heavy atom. The minimum Gasteiger partial charge on any atom is -0.493 e. The van der Waals surface area contributed by atoms with Crippen LogP contribution in [0.15, 0.2) is 58.1 Å². The number of hydrogen-bond acceptors (Lipinski definition) is 4. The first kappa shape index (κ1) is 41.4. The van der Waals surface area contributed by atoms with Crippen LogP contribution in [0, 0.1) is 0 Å². The first-order chi connectivity index (χ1) is 22.6. The predicted octanol–water partition coefficient (Wildman–Crippen LogP) is 11.8. The Bertz CT molecular complexity index is 1110. The van der Waals surface area contributed by atoms with Crippen molar-refractivity contribution in [3.8, 4) is 11.5 Å². The molecule has 0 radical (unpaired) electrons. The van der Waals surface area contributed by atoms with E-state index in [2.05, 4.69) is 13.8 Å². The fourth-order valence-electron chi connectivity index (χ4n) is 5.92. The highest BCUT2D eigenvalue weighted by Crippen LogP contribution is 2.14. The van der Waals surface area contributed by atoms with Crippen LogP contribution < -0.4 is 20.3 Å². The van der Waals surface area contributed by atoms with E-state index in [9.17, 15) is 9.59 Å². The highest BCUT2D eigenvalue weighted by molar-refractivity contribution is 5.28. The van der Waals surface area contributed by atoms with Crippen LogP contribution >= 0.6 is 0 Å². The lowest BCUT2D eigenvalue weighted by Gasteiger charge is -2.03. The van der Waals surface area contributed by atoms with Crippen molar-refractivity contribution in [1.82, 2.24) is 0 Å². The number of methoxy groups -OCH3 is 2. The molecular weight excluding hydrogens is 568 g/mol. The molecule has 2 aromatic rings. The van der Waals surface area contributed by atoms with Crippen LogP contribution in [0.25, 0.3) is 0 Å². The summed E-state index contributed by atoms with van der Waals surface area (Å²) in [5.41, 5.74) is 1.85. The molecule has 0 heterocycles. The van der Waals surface area contributed by atoms with E-state index in [-0.39, 0.29) is 10.9 Å². The molecule has 0 saturated carbocycles. The van der Waals surface area contributed by atoms with Gasteiger partial charge in [0.2, 0.25) is 10.9 Å². The Hall–Kier alpha value is -2.62. The minimum atomic E-state index is 0.0448. The summed E-state index contributed by atoms with van der Waals surface area (Å²) in [7, 11) is 3.12. The van der Waals surface area contributed by atoms with E-state index in [0.29, 0.717) is 11.5 Å². The second kappa shape index (κ2) is 29.8. The molecule has 0 spiro atoms. The second-order valence-corrected chi connectivity index (χ2v) is 12.9. The molecular formula is C42H68O4. The predicted molar refractivity (Wildman–Crippen MR) is 199 cm³/mol. The lowest BCUT2D eigenvalue weighted by molar-refractivity contribution is 0.410. The van der Waals surface area contributed by atoms with Crippen LogP contribution in [0.3, 0.4) is 0 Å². The van der Waals surface area contributed by atoms with Gasteiger partial charge >= 0.3 is 0 Å². The second-order valence-electron chi connectivity index (χ2n) is 12.9. The van der Waals surface area contributed by atoms with Gasteiger partial charge in [-0.3, -0.25) is 9.59 Å². The molecule has 0 saturated heterocycles. The molecule has 0 amide bonds. The summed E-state index contributed by atoms with van der Waals surface area (Å²) in [6.07, 6.45) is 31.0. The van der Waals surface area contributed by atoms with Gasteiger partial charge in [-0.15, -0.1) is 0 Å². The third-order valence-corrected chi connectivity index (χ3v) is 8.88. The Balaban J connectivity index is 0.000000462. The summed E-state index contributed by atoms with van der Waals surface area (Å²) < 4.78 is 10.3. The van der Waals surface area contributed by atoms with Crippen LogP contribution in [0.4, 0.5) is 0 Å². The van der Waals surface area contributed by atoms with Crippen LogP contribution in [0.5, 0.6) is 11.5 Å². The minimum absolute atomic E-state index is 0.0448. The lowest BCUT2D eigenvalue weighted by Crippen LogP contribution is -2.08. The van der Waals surface area contributed by atoms with Gasteiger partial charge in [0.25, 0.3) is 0 Å². The molecule has 2 aromatic carbocycles. The summed E-state index contributed by atoms with van der Waals surface area (Å²) in [6.45, 7) is 4.53. The summed E-state index contributed by atoms with van der Waals surface area (Å²) in [5.74, 6) is 0.904. The maximum Gasteiger partial charge on any atom is 0.223 e. The van der Waals surface area contributed by atoms with Gasteiger partial charge in [-0.25, -0.2) is 0 Å². The Morgan fingerprint density at radius 2 is 0.652 bits per heavy atom. The average molecular weight is 637 g/mol. The van der Waals surface area contributed by atoms with E-state index in [1.165, 1.54) is 128 Å². The van der Waals surface area contributed by atoms with Crippen molar-refractivity contribution in [2.24, 2.45) is 0 Å². The number of rotatable bonds is 26. The number of aryl methyl sites for hydroxylation is 2. The largest absolute Gasteiger partial charge is 0.493 e. The standard InChI is InChI=1S/C22H36O2.C20H32O2/c1-3-4-5-6-7-8-9-10-11-12-13-14-17-20-18-15-16-19-21(24-2)22(20)23;1-3-4-5-6-7-8-9-10-11-12-15-18-16-13-14-17-19(22-2)20(18)21/h15-16,18-19H,3-14,17H2,1-2H3;13-14,16-17H,3-12,15H2,1-2H3. The lowest BCUT2D eigenvalue weighted by atomic mass is 10.0. The first-order valence-electron chi connectivity index (χ1n) is 18.9. The molecule has 0 fully saturated rings. The van der Waals surface area contributed by atoms with Gasteiger partial charge in [0, 0.05) is 11.1 Å². The zero-order chi connectivity index (χ0) is 33.5. The van der Waals surface area contributed by atoms with Crippen LogP contribution in [0.1, 0.15) is 166 Å². The third-order valence-electron chi connectivity index (χ3n) is 8.88. The molecule has 0 N–H and O–H groups in total. The fraction of sp³-hybridized carbons (Fsp3) is 0.667. The van der Waals surface area contributed by atoms with Gasteiger partial charge < -0.3 is 9.47 Å². The Labute approximate surface area is 282 Å². The zero-order valence-corrected chi connectivity index (χ0v) is 30.2. The van der Waals surface area contributed by atoms with E-state index >= 15 is 0 Å². The van der Waals surface area contributed by atoms with Crippen molar-refractivity contribution in [2.75, 3.05) is 14.2 Å². The number of hydrogen-bond donors (Lipinski definition) is 0. The van der Waals surface area contributed by atoms with E-state index in [1.54, 1.807) is 26.4 Å². The SMILES string of the molecule is CCCCCCCCCCCCCCc1ccccc(OC)c1=O.CCCCCCCCCCCCc1ccccc(OC)c1=O. The summed E-state index contributed by atoms with van der Waals surface area (Å²) in [6, 6.07) is 14.9. The molecule has 46 heavy (non-hydrogen) atoms. The van der Waals surface area contributed by atoms with E-state index < -0.39 is 0 Å². The van der Waals surface area contributed by atoms with Gasteiger partial charge in [-0.2, -0.15) is 0 Å². The van der Waals surface area contributed by atoms with Gasteiger partial charge in [0.1, 0.15) is 0 Å². The summed E-state index contributed by atoms with van der Waals surface area (Å²) in [4.78, 5) is 24.4. The Morgan fingerprint density at radius 3 is 0.935 bits per heavy atom. The molecule has 0 aromatic heterocycles. The molecule has 260 valence electrons. The number of unbranched alkanes of at least 4 members (excludes halogenated alkanes) is 20. The third kappa shape index (κ3) is 20.5. The topological polar surface area (TPSA) is 52.6 Å². The monoisotopic (exact) mass is 637 g/mol. The molecule has 0 bridgehead atoms. The maximum absolute atomic E-state index is 12.2. The smallest absolute Gasteiger partial charge is 0.223 e.